The summed E-state index contributed by atoms with van der Waals surface area (Å²) in [6.07, 6.45) is 0.571. The van der Waals surface area contributed by atoms with Crippen LogP contribution in [0.15, 0.2) is 30.3 Å². The van der Waals surface area contributed by atoms with Crippen molar-refractivity contribution in [2.24, 2.45) is 0 Å². The molecule has 0 unspecified atom stereocenters. The van der Waals surface area contributed by atoms with Crippen LogP contribution in [0.3, 0.4) is 0 Å². The van der Waals surface area contributed by atoms with E-state index in [1.165, 1.54) is 0 Å². The molecule has 0 spiro atoms. The quantitative estimate of drug-likeness (QED) is 0.775. The molecule has 2 rings (SSSR count). The molecule has 4 nitrogen and oxygen atoms in total. The lowest BCUT2D eigenvalue weighted by Gasteiger charge is -2.16. The lowest BCUT2D eigenvalue weighted by molar-refractivity contribution is -0.135. The minimum atomic E-state index is -0.180. The summed E-state index contributed by atoms with van der Waals surface area (Å²) < 4.78 is 21.9. The predicted molar refractivity (Wildman–Crippen MR) is 67.2 cm³/mol. The van der Waals surface area contributed by atoms with Gasteiger partial charge in [-0.05, 0) is 5.56 Å². The smallest absolute Gasteiger partial charge is 0.160 e. The molecule has 0 aromatic heterocycles. The topological polar surface area (TPSA) is 36.9 Å². The summed E-state index contributed by atoms with van der Waals surface area (Å²) in [7, 11) is 3.33. The van der Waals surface area contributed by atoms with Crippen molar-refractivity contribution in [2.45, 2.75) is 31.5 Å². The van der Waals surface area contributed by atoms with Gasteiger partial charge >= 0.3 is 0 Å². The molecule has 1 aromatic carbocycles. The van der Waals surface area contributed by atoms with Crippen LogP contribution < -0.4 is 0 Å². The van der Waals surface area contributed by atoms with Crippen LogP contribution in [0.2, 0.25) is 0 Å². The van der Waals surface area contributed by atoms with Crippen LogP contribution in [0, 0.1) is 0 Å². The number of methoxy groups -OCH3 is 2. The fourth-order valence-corrected chi connectivity index (χ4v) is 2.09. The molecule has 1 aliphatic heterocycles. The molecule has 1 aromatic rings. The van der Waals surface area contributed by atoms with E-state index in [1.54, 1.807) is 14.2 Å². The highest BCUT2D eigenvalue weighted by molar-refractivity contribution is 5.13. The third-order valence-electron chi connectivity index (χ3n) is 3.13. The molecule has 1 saturated heterocycles. The zero-order chi connectivity index (χ0) is 12.8. The van der Waals surface area contributed by atoms with Crippen LogP contribution in [-0.2, 0) is 25.6 Å². The number of hydrogen-bond donors (Lipinski definition) is 0. The Bertz CT molecular complexity index is 341. The lowest BCUT2D eigenvalue weighted by Crippen LogP contribution is -2.28. The van der Waals surface area contributed by atoms with Gasteiger partial charge in [0.2, 0.25) is 0 Å². The summed E-state index contributed by atoms with van der Waals surface area (Å²) in [5.74, 6) is 0. The molecule has 4 heteroatoms. The highest BCUT2D eigenvalue weighted by atomic mass is 16.7. The van der Waals surface area contributed by atoms with Crippen LogP contribution in [0.5, 0.6) is 0 Å². The van der Waals surface area contributed by atoms with Gasteiger partial charge in [-0.3, -0.25) is 0 Å². The van der Waals surface area contributed by atoms with Crippen LogP contribution in [-0.4, -0.2) is 39.3 Å². The van der Waals surface area contributed by atoms with E-state index in [2.05, 4.69) is 0 Å². The van der Waals surface area contributed by atoms with Crippen molar-refractivity contribution in [3.8, 4) is 0 Å². The monoisotopic (exact) mass is 252 g/mol. The molecule has 0 saturated carbocycles. The summed E-state index contributed by atoms with van der Waals surface area (Å²) in [5, 5.41) is 0. The van der Waals surface area contributed by atoms with Crippen molar-refractivity contribution in [1.29, 1.82) is 0 Å². The SMILES string of the molecule is CO[C@@H]1C[C@@H](OC)[C@@H](COCc2ccccc2)O1. The average Bonchev–Trinajstić information content (AvgIpc) is 2.82. The van der Waals surface area contributed by atoms with E-state index in [0.717, 1.165) is 12.0 Å². The number of ether oxygens (including phenoxy) is 4. The zero-order valence-corrected chi connectivity index (χ0v) is 10.9. The molecule has 0 amide bonds. The first-order valence-electron chi connectivity index (χ1n) is 6.16. The van der Waals surface area contributed by atoms with Gasteiger partial charge in [0.05, 0.1) is 19.3 Å². The van der Waals surface area contributed by atoms with E-state index in [0.29, 0.717) is 13.2 Å². The molecule has 1 fully saturated rings. The second-order valence-electron chi connectivity index (χ2n) is 4.35. The average molecular weight is 252 g/mol. The van der Waals surface area contributed by atoms with Crippen molar-refractivity contribution in [1.82, 2.24) is 0 Å². The molecule has 0 aliphatic carbocycles. The molecule has 18 heavy (non-hydrogen) atoms. The van der Waals surface area contributed by atoms with E-state index in [-0.39, 0.29) is 18.5 Å². The molecule has 100 valence electrons. The normalized spacial score (nSPS) is 27.6. The van der Waals surface area contributed by atoms with Crippen LogP contribution >= 0.6 is 0 Å². The molecule has 3 atom stereocenters. The maximum absolute atomic E-state index is 5.68. The van der Waals surface area contributed by atoms with E-state index < -0.39 is 0 Å². The summed E-state index contributed by atoms with van der Waals surface area (Å²) in [4.78, 5) is 0. The Morgan fingerprint density at radius 3 is 2.61 bits per heavy atom. The molecule has 1 heterocycles. The van der Waals surface area contributed by atoms with Gasteiger partial charge in [0, 0.05) is 20.6 Å². The summed E-state index contributed by atoms with van der Waals surface area (Å²) in [5.41, 5.74) is 1.16. The minimum Gasteiger partial charge on any atom is -0.378 e. The number of rotatable bonds is 6. The summed E-state index contributed by atoms with van der Waals surface area (Å²) in [6.45, 7) is 1.11. The first kappa shape index (κ1) is 13.5. The Hall–Kier alpha value is -0.940. The molecule has 0 N–H and O–H groups in total. The maximum Gasteiger partial charge on any atom is 0.160 e. The van der Waals surface area contributed by atoms with Gasteiger partial charge in [0.15, 0.2) is 6.29 Å². The number of benzene rings is 1. The standard InChI is InChI=1S/C14H20O4/c1-15-12-8-14(16-2)18-13(12)10-17-9-11-6-4-3-5-7-11/h3-7,12-14H,8-10H2,1-2H3/t12-,13-,14+/m1/s1. The predicted octanol–water partition coefficient (Wildman–Crippen LogP) is 1.98. The van der Waals surface area contributed by atoms with Crippen molar-refractivity contribution in [3.05, 3.63) is 35.9 Å². The highest BCUT2D eigenvalue weighted by Gasteiger charge is 2.35. The molecular weight excluding hydrogens is 232 g/mol. The van der Waals surface area contributed by atoms with Gasteiger partial charge in [-0.15, -0.1) is 0 Å². The van der Waals surface area contributed by atoms with Gasteiger partial charge < -0.3 is 18.9 Å². The van der Waals surface area contributed by atoms with E-state index in [9.17, 15) is 0 Å². The highest BCUT2D eigenvalue weighted by Crippen LogP contribution is 2.23. The van der Waals surface area contributed by atoms with Gasteiger partial charge in [0.1, 0.15) is 6.10 Å². The summed E-state index contributed by atoms with van der Waals surface area (Å²) >= 11 is 0. The van der Waals surface area contributed by atoms with E-state index in [1.807, 2.05) is 30.3 Å². The fourth-order valence-electron chi connectivity index (χ4n) is 2.09. The van der Waals surface area contributed by atoms with Crippen LogP contribution in [0.25, 0.3) is 0 Å². The van der Waals surface area contributed by atoms with E-state index >= 15 is 0 Å². The van der Waals surface area contributed by atoms with Crippen molar-refractivity contribution in [3.63, 3.8) is 0 Å². The fraction of sp³-hybridized carbons (Fsp3) is 0.571. The second-order valence-corrected chi connectivity index (χ2v) is 4.35. The first-order valence-corrected chi connectivity index (χ1v) is 6.16. The molecule has 1 aliphatic rings. The van der Waals surface area contributed by atoms with Gasteiger partial charge in [-0.2, -0.15) is 0 Å². The van der Waals surface area contributed by atoms with Crippen molar-refractivity contribution >= 4 is 0 Å². The third kappa shape index (κ3) is 3.53. The first-order chi connectivity index (χ1) is 8.83. The Balaban J connectivity index is 1.76. The summed E-state index contributed by atoms with van der Waals surface area (Å²) in [6, 6.07) is 10.1. The maximum atomic E-state index is 5.68. The van der Waals surface area contributed by atoms with Gasteiger partial charge in [-0.25, -0.2) is 0 Å². The Morgan fingerprint density at radius 1 is 1.17 bits per heavy atom. The number of hydrogen-bond acceptors (Lipinski definition) is 4. The van der Waals surface area contributed by atoms with Crippen LogP contribution in [0.1, 0.15) is 12.0 Å². The largest absolute Gasteiger partial charge is 0.378 e. The second kappa shape index (κ2) is 6.85. The Labute approximate surface area is 108 Å². The lowest BCUT2D eigenvalue weighted by atomic mass is 10.2. The van der Waals surface area contributed by atoms with Crippen LogP contribution in [0.4, 0.5) is 0 Å². The zero-order valence-electron chi connectivity index (χ0n) is 10.9. The minimum absolute atomic E-state index is 0.0470. The van der Waals surface area contributed by atoms with E-state index in [4.69, 9.17) is 18.9 Å². The van der Waals surface area contributed by atoms with Gasteiger partial charge in [-0.1, -0.05) is 30.3 Å². The third-order valence-corrected chi connectivity index (χ3v) is 3.13. The van der Waals surface area contributed by atoms with Crippen molar-refractivity contribution < 1.29 is 18.9 Å². The van der Waals surface area contributed by atoms with Gasteiger partial charge in [0.25, 0.3) is 0 Å². The molecule has 0 radical (unpaired) electrons. The molecular formula is C14H20O4. The van der Waals surface area contributed by atoms with Crippen molar-refractivity contribution in [2.75, 3.05) is 20.8 Å². The Kier molecular flexibility index (Phi) is 5.13. The Morgan fingerprint density at radius 2 is 1.94 bits per heavy atom. The molecule has 0 bridgehead atoms.